The molecule has 1 aromatic rings. The first-order valence-electron chi connectivity index (χ1n) is 7.36. The van der Waals surface area contributed by atoms with E-state index in [4.69, 9.17) is 0 Å². The molecule has 108 valence electrons. The van der Waals surface area contributed by atoms with Crippen molar-refractivity contribution in [2.75, 3.05) is 13.1 Å². The van der Waals surface area contributed by atoms with Crippen molar-refractivity contribution >= 4 is 0 Å². The first-order chi connectivity index (χ1) is 8.90. The van der Waals surface area contributed by atoms with Crippen LogP contribution in [0.1, 0.15) is 38.8 Å². The van der Waals surface area contributed by atoms with Gasteiger partial charge in [0.15, 0.2) is 0 Å². The molecule has 0 spiro atoms. The molecule has 0 radical (unpaired) electrons. The largest absolute Gasteiger partial charge is 0.316 e. The molecule has 1 nitrogen and oxygen atoms in total. The Hall–Kier alpha value is -0.890. The molecule has 1 rings (SSSR count). The van der Waals surface area contributed by atoms with E-state index in [2.05, 4.69) is 33.0 Å². The molecular weight excluding hydrogens is 237 g/mol. The van der Waals surface area contributed by atoms with Crippen molar-refractivity contribution in [3.8, 4) is 0 Å². The molecule has 1 aromatic carbocycles. The first kappa shape index (κ1) is 16.2. The third-order valence-electron chi connectivity index (χ3n) is 3.84. The minimum atomic E-state index is -0.138. The number of rotatable bonds is 7. The molecule has 0 saturated heterocycles. The summed E-state index contributed by atoms with van der Waals surface area (Å²) < 4.78 is 13.1. The van der Waals surface area contributed by atoms with Gasteiger partial charge in [0, 0.05) is 0 Å². The van der Waals surface area contributed by atoms with Crippen LogP contribution in [0.2, 0.25) is 0 Å². The summed E-state index contributed by atoms with van der Waals surface area (Å²) in [6.45, 7) is 13.1. The first-order valence-corrected chi connectivity index (χ1v) is 7.36. The lowest BCUT2D eigenvalue weighted by Gasteiger charge is -2.22. The highest BCUT2D eigenvalue weighted by Crippen LogP contribution is 2.19. The Morgan fingerprint density at radius 2 is 1.74 bits per heavy atom. The van der Waals surface area contributed by atoms with Gasteiger partial charge in [-0.1, -0.05) is 33.8 Å². The van der Waals surface area contributed by atoms with Crippen LogP contribution in [0.3, 0.4) is 0 Å². The van der Waals surface area contributed by atoms with Gasteiger partial charge in [0.1, 0.15) is 5.82 Å². The van der Waals surface area contributed by atoms with E-state index in [9.17, 15) is 4.39 Å². The van der Waals surface area contributed by atoms with E-state index in [-0.39, 0.29) is 5.82 Å². The molecule has 2 unspecified atom stereocenters. The summed E-state index contributed by atoms with van der Waals surface area (Å²) in [5, 5.41) is 3.52. The topological polar surface area (TPSA) is 12.0 Å². The SMILES string of the molecule is Cc1cc(F)ccc1CC(C)C(C)CNCC(C)C. The standard InChI is InChI=1S/C17H28FN/c1-12(2)10-19-11-15(5)13(3)8-16-6-7-17(18)9-14(16)4/h6-7,9,12-13,15,19H,8,10-11H2,1-5H3. The van der Waals surface area contributed by atoms with Gasteiger partial charge in [-0.15, -0.1) is 0 Å². The van der Waals surface area contributed by atoms with Gasteiger partial charge in [0.2, 0.25) is 0 Å². The molecule has 0 aromatic heterocycles. The zero-order valence-corrected chi connectivity index (χ0v) is 13.0. The quantitative estimate of drug-likeness (QED) is 0.779. The van der Waals surface area contributed by atoms with E-state index in [0.29, 0.717) is 17.8 Å². The number of hydrogen-bond donors (Lipinski definition) is 1. The third-order valence-corrected chi connectivity index (χ3v) is 3.84. The van der Waals surface area contributed by atoms with E-state index in [1.54, 1.807) is 12.1 Å². The Balaban J connectivity index is 2.47. The normalized spacial score (nSPS) is 14.7. The van der Waals surface area contributed by atoms with Gasteiger partial charge >= 0.3 is 0 Å². The highest BCUT2D eigenvalue weighted by Gasteiger charge is 2.14. The van der Waals surface area contributed by atoms with E-state index in [0.717, 1.165) is 25.1 Å². The van der Waals surface area contributed by atoms with Crippen LogP contribution in [-0.4, -0.2) is 13.1 Å². The maximum Gasteiger partial charge on any atom is 0.123 e. The van der Waals surface area contributed by atoms with E-state index in [1.807, 2.05) is 13.0 Å². The molecule has 0 aliphatic rings. The van der Waals surface area contributed by atoms with Crippen molar-refractivity contribution in [1.29, 1.82) is 0 Å². The second-order valence-electron chi connectivity index (χ2n) is 6.28. The molecule has 0 aliphatic heterocycles. The maximum absolute atomic E-state index is 13.1. The van der Waals surface area contributed by atoms with Crippen LogP contribution in [0.25, 0.3) is 0 Å². The number of aryl methyl sites for hydroxylation is 1. The molecule has 0 fully saturated rings. The van der Waals surface area contributed by atoms with Gasteiger partial charge in [-0.05, 0) is 67.4 Å². The zero-order chi connectivity index (χ0) is 14.4. The fraction of sp³-hybridized carbons (Fsp3) is 0.647. The van der Waals surface area contributed by atoms with Gasteiger partial charge in [-0.3, -0.25) is 0 Å². The fourth-order valence-corrected chi connectivity index (χ4v) is 2.24. The van der Waals surface area contributed by atoms with Crippen LogP contribution in [0.5, 0.6) is 0 Å². The van der Waals surface area contributed by atoms with Crippen molar-refractivity contribution in [1.82, 2.24) is 5.32 Å². The summed E-state index contributed by atoms with van der Waals surface area (Å²) in [7, 11) is 0. The average molecular weight is 265 g/mol. The van der Waals surface area contributed by atoms with Gasteiger partial charge in [-0.25, -0.2) is 4.39 Å². The highest BCUT2D eigenvalue weighted by atomic mass is 19.1. The van der Waals surface area contributed by atoms with Gasteiger partial charge < -0.3 is 5.32 Å². The summed E-state index contributed by atoms with van der Waals surface area (Å²) in [5.41, 5.74) is 2.33. The molecule has 19 heavy (non-hydrogen) atoms. The van der Waals surface area contributed by atoms with E-state index in [1.165, 1.54) is 5.56 Å². The second-order valence-corrected chi connectivity index (χ2v) is 6.28. The van der Waals surface area contributed by atoms with Crippen molar-refractivity contribution in [2.45, 2.75) is 41.0 Å². The molecule has 0 bridgehead atoms. The molecule has 1 N–H and O–H groups in total. The fourth-order valence-electron chi connectivity index (χ4n) is 2.24. The molecule has 2 atom stereocenters. The molecule has 0 heterocycles. The predicted molar refractivity (Wildman–Crippen MR) is 80.9 cm³/mol. The van der Waals surface area contributed by atoms with E-state index < -0.39 is 0 Å². The van der Waals surface area contributed by atoms with Gasteiger partial charge in [-0.2, -0.15) is 0 Å². The Labute approximate surface area is 117 Å². The van der Waals surface area contributed by atoms with Crippen molar-refractivity contribution in [3.05, 3.63) is 35.1 Å². The summed E-state index contributed by atoms with van der Waals surface area (Å²) in [5.74, 6) is 1.79. The van der Waals surface area contributed by atoms with E-state index >= 15 is 0 Å². The van der Waals surface area contributed by atoms with Crippen molar-refractivity contribution < 1.29 is 4.39 Å². The number of nitrogens with one attached hydrogen (secondary N) is 1. The molecule has 0 aliphatic carbocycles. The zero-order valence-electron chi connectivity index (χ0n) is 13.0. The minimum absolute atomic E-state index is 0.138. The number of hydrogen-bond acceptors (Lipinski definition) is 1. The molecule has 2 heteroatoms. The van der Waals surface area contributed by atoms with Crippen LogP contribution in [0.15, 0.2) is 18.2 Å². The summed E-state index contributed by atoms with van der Waals surface area (Å²) in [6.07, 6.45) is 1.02. The predicted octanol–water partition coefficient (Wildman–Crippen LogP) is 4.19. The molecule has 0 amide bonds. The van der Waals surface area contributed by atoms with Crippen LogP contribution in [0.4, 0.5) is 4.39 Å². The minimum Gasteiger partial charge on any atom is -0.316 e. The van der Waals surface area contributed by atoms with Gasteiger partial charge in [0.05, 0.1) is 0 Å². The lowest BCUT2D eigenvalue weighted by Crippen LogP contribution is -2.29. The lowest BCUT2D eigenvalue weighted by atomic mass is 9.88. The summed E-state index contributed by atoms with van der Waals surface area (Å²) >= 11 is 0. The second kappa shape index (κ2) is 7.64. The Kier molecular flexibility index (Phi) is 6.50. The molecular formula is C17H28FN. The van der Waals surface area contributed by atoms with Crippen LogP contribution in [-0.2, 0) is 6.42 Å². The smallest absolute Gasteiger partial charge is 0.123 e. The lowest BCUT2D eigenvalue weighted by molar-refractivity contribution is 0.357. The van der Waals surface area contributed by atoms with Crippen molar-refractivity contribution in [3.63, 3.8) is 0 Å². The maximum atomic E-state index is 13.1. The number of halogens is 1. The van der Waals surface area contributed by atoms with Gasteiger partial charge in [0.25, 0.3) is 0 Å². The highest BCUT2D eigenvalue weighted by molar-refractivity contribution is 5.26. The van der Waals surface area contributed by atoms with Crippen LogP contribution in [0, 0.1) is 30.5 Å². The monoisotopic (exact) mass is 265 g/mol. The Morgan fingerprint density at radius 3 is 2.32 bits per heavy atom. The number of benzene rings is 1. The van der Waals surface area contributed by atoms with Crippen molar-refractivity contribution in [2.24, 2.45) is 17.8 Å². The Morgan fingerprint density at radius 1 is 1.05 bits per heavy atom. The summed E-state index contributed by atoms with van der Waals surface area (Å²) in [4.78, 5) is 0. The molecule has 0 saturated carbocycles. The third kappa shape index (κ3) is 5.73. The van der Waals surface area contributed by atoms with Crippen LogP contribution >= 0.6 is 0 Å². The Bertz CT molecular complexity index is 387. The summed E-state index contributed by atoms with van der Waals surface area (Å²) in [6, 6.07) is 5.12. The average Bonchev–Trinajstić information content (AvgIpc) is 2.32. The van der Waals surface area contributed by atoms with Crippen LogP contribution < -0.4 is 5.32 Å².